The Morgan fingerprint density at radius 2 is 1.93 bits per heavy atom. The Kier molecular flexibility index (Phi) is 6.73. The predicted octanol–water partition coefficient (Wildman–Crippen LogP) is 2.70. The lowest BCUT2D eigenvalue weighted by atomic mass is 9.79. The van der Waals surface area contributed by atoms with Gasteiger partial charge in [-0.05, 0) is 32.5 Å². The summed E-state index contributed by atoms with van der Waals surface area (Å²) in [6, 6.07) is 11.2. The average molecular weight is 383 g/mol. The van der Waals surface area contributed by atoms with Crippen LogP contribution in [0.2, 0.25) is 0 Å². The fraction of sp³-hybridized carbons (Fsp3) is 0.545. The minimum Gasteiger partial charge on any atom is -0.356 e. The van der Waals surface area contributed by atoms with Crippen LogP contribution >= 0.6 is 0 Å². The van der Waals surface area contributed by atoms with E-state index < -0.39 is 0 Å². The molecule has 1 heterocycles. The Bertz CT molecular complexity index is 758. The zero-order valence-electron chi connectivity index (χ0n) is 17.7. The van der Waals surface area contributed by atoms with E-state index in [2.05, 4.69) is 76.2 Å². The molecule has 0 spiro atoms. The lowest BCUT2D eigenvalue weighted by Gasteiger charge is -2.31. The van der Waals surface area contributed by atoms with Crippen LogP contribution in [-0.2, 0) is 12.5 Å². The van der Waals surface area contributed by atoms with Crippen molar-refractivity contribution in [2.45, 2.75) is 37.1 Å². The first kappa shape index (κ1) is 20.4. The summed E-state index contributed by atoms with van der Waals surface area (Å²) in [7, 11) is 7.99. The maximum absolute atomic E-state index is 4.46. The molecule has 3 rings (SSSR count). The first-order valence-corrected chi connectivity index (χ1v) is 10.2. The Balaban J connectivity index is 1.62. The van der Waals surface area contributed by atoms with E-state index in [1.54, 1.807) is 0 Å². The maximum atomic E-state index is 4.46. The molecule has 6 nitrogen and oxygen atoms in total. The molecule has 2 aromatic rings. The van der Waals surface area contributed by atoms with Gasteiger partial charge in [-0.25, -0.2) is 0 Å². The first-order chi connectivity index (χ1) is 13.5. The second-order valence-corrected chi connectivity index (χ2v) is 8.09. The fourth-order valence-electron chi connectivity index (χ4n) is 4.29. The van der Waals surface area contributed by atoms with Gasteiger partial charge in [-0.15, -0.1) is 0 Å². The Morgan fingerprint density at radius 3 is 2.50 bits per heavy atom. The van der Waals surface area contributed by atoms with Crippen LogP contribution in [-0.4, -0.2) is 54.9 Å². The molecule has 2 N–H and O–H groups in total. The van der Waals surface area contributed by atoms with Crippen LogP contribution in [0, 0.1) is 0 Å². The highest BCUT2D eigenvalue weighted by atomic mass is 15.3. The van der Waals surface area contributed by atoms with E-state index in [9.17, 15) is 0 Å². The summed E-state index contributed by atoms with van der Waals surface area (Å²) in [4.78, 5) is 6.67. The van der Waals surface area contributed by atoms with Crippen molar-refractivity contribution >= 4 is 5.96 Å². The Labute approximate surface area is 169 Å². The molecular weight excluding hydrogens is 348 g/mol. The van der Waals surface area contributed by atoms with Crippen LogP contribution < -0.4 is 10.6 Å². The number of likely N-dealkylation sites (N-methyl/N-ethyl adjacent to an activating group) is 1. The molecule has 0 amide bonds. The maximum Gasteiger partial charge on any atom is 0.191 e. The Hall–Kier alpha value is -2.34. The number of aliphatic imine (C=N–C) groups is 1. The molecule has 152 valence electrons. The van der Waals surface area contributed by atoms with Gasteiger partial charge in [-0.2, -0.15) is 5.10 Å². The van der Waals surface area contributed by atoms with Crippen LogP contribution in [0.3, 0.4) is 0 Å². The number of guanidine groups is 1. The highest BCUT2D eigenvalue weighted by Gasteiger charge is 2.35. The van der Waals surface area contributed by atoms with E-state index in [0.717, 1.165) is 19.0 Å². The van der Waals surface area contributed by atoms with Crippen molar-refractivity contribution in [2.75, 3.05) is 34.2 Å². The van der Waals surface area contributed by atoms with Gasteiger partial charge in [0.1, 0.15) is 0 Å². The van der Waals surface area contributed by atoms with Crippen molar-refractivity contribution in [3.05, 3.63) is 53.9 Å². The van der Waals surface area contributed by atoms with Gasteiger partial charge < -0.3 is 15.5 Å². The van der Waals surface area contributed by atoms with Crippen molar-refractivity contribution in [1.82, 2.24) is 25.3 Å². The lowest BCUT2D eigenvalue weighted by molar-refractivity contribution is 0.297. The molecule has 1 aromatic carbocycles. The summed E-state index contributed by atoms with van der Waals surface area (Å²) in [5.41, 5.74) is 2.85. The number of aromatic nitrogens is 2. The second-order valence-electron chi connectivity index (χ2n) is 8.09. The van der Waals surface area contributed by atoms with Gasteiger partial charge in [0.05, 0.1) is 12.2 Å². The third-order valence-electron chi connectivity index (χ3n) is 5.96. The molecule has 1 atom stereocenters. The largest absolute Gasteiger partial charge is 0.356 e. The SMILES string of the molecule is CN=C(NCC(c1cnn(C)c1)N(C)C)NCC1(c2ccccc2)CCCC1. The summed E-state index contributed by atoms with van der Waals surface area (Å²) in [6.45, 7) is 1.69. The van der Waals surface area contributed by atoms with Crippen molar-refractivity contribution in [1.29, 1.82) is 0 Å². The van der Waals surface area contributed by atoms with Crippen LogP contribution in [0.25, 0.3) is 0 Å². The molecule has 0 bridgehead atoms. The van der Waals surface area contributed by atoms with Gasteiger partial charge in [0.2, 0.25) is 0 Å². The molecule has 1 fully saturated rings. The molecule has 0 aliphatic heterocycles. The first-order valence-electron chi connectivity index (χ1n) is 10.2. The average Bonchev–Trinajstić information content (AvgIpc) is 3.35. The van der Waals surface area contributed by atoms with Crippen molar-refractivity contribution in [3.63, 3.8) is 0 Å². The molecule has 0 saturated heterocycles. The normalized spacial score (nSPS) is 17.7. The number of nitrogens with one attached hydrogen (secondary N) is 2. The van der Waals surface area contributed by atoms with Gasteiger partial charge >= 0.3 is 0 Å². The van der Waals surface area contributed by atoms with Crippen molar-refractivity contribution < 1.29 is 0 Å². The molecule has 1 aliphatic carbocycles. The zero-order chi connectivity index (χ0) is 20.0. The molecule has 0 radical (unpaired) electrons. The summed E-state index contributed by atoms with van der Waals surface area (Å²) >= 11 is 0. The highest BCUT2D eigenvalue weighted by molar-refractivity contribution is 5.79. The van der Waals surface area contributed by atoms with Gasteiger partial charge in [-0.1, -0.05) is 43.2 Å². The molecular formula is C22H34N6. The summed E-state index contributed by atoms with van der Waals surface area (Å²) < 4.78 is 1.85. The van der Waals surface area contributed by atoms with E-state index in [1.165, 1.54) is 36.8 Å². The number of nitrogens with zero attached hydrogens (tertiary/aromatic N) is 4. The van der Waals surface area contributed by atoms with E-state index in [-0.39, 0.29) is 11.5 Å². The molecule has 6 heteroatoms. The van der Waals surface area contributed by atoms with Gasteiger partial charge in [0.15, 0.2) is 5.96 Å². The minimum absolute atomic E-state index is 0.211. The number of aryl methyl sites for hydroxylation is 1. The third kappa shape index (κ3) is 4.73. The van der Waals surface area contributed by atoms with E-state index in [4.69, 9.17) is 0 Å². The number of hydrogen-bond acceptors (Lipinski definition) is 3. The highest BCUT2D eigenvalue weighted by Crippen LogP contribution is 2.40. The van der Waals surface area contributed by atoms with Crippen molar-refractivity contribution in [3.8, 4) is 0 Å². The standard InChI is InChI=1S/C22H34N6/c1-23-21(24-15-20(27(2)3)18-14-26-28(4)16-18)25-17-22(12-8-9-13-22)19-10-6-5-7-11-19/h5-7,10-11,14,16,20H,8-9,12-13,15,17H2,1-4H3,(H2,23,24,25). The quantitative estimate of drug-likeness (QED) is 0.571. The summed E-state index contributed by atoms with van der Waals surface area (Å²) in [5.74, 6) is 0.859. The van der Waals surface area contributed by atoms with E-state index >= 15 is 0 Å². The zero-order valence-corrected chi connectivity index (χ0v) is 17.7. The smallest absolute Gasteiger partial charge is 0.191 e. The molecule has 28 heavy (non-hydrogen) atoms. The van der Waals surface area contributed by atoms with Gasteiger partial charge in [-0.3, -0.25) is 9.67 Å². The fourth-order valence-corrected chi connectivity index (χ4v) is 4.29. The lowest BCUT2D eigenvalue weighted by Crippen LogP contribution is -2.46. The number of rotatable bonds is 7. The monoisotopic (exact) mass is 382 g/mol. The molecule has 1 aliphatic rings. The summed E-state index contributed by atoms with van der Waals surface area (Å²) in [6.07, 6.45) is 9.07. The molecule has 1 saturated carbocycles. The third-order valence-corrected chi connectivity index (χ3v) is 5.96. The van der Waals surface area contributed by atoms with Crippen molar-refractivity contribution in [2.24, 2.45) is 12.0 Å². The van der Waals surface area contributed by atoms with E-state index in [1.807, 2.05) is 25.0 Å². The Morgan fingerprint density at radius 1 is 1.21 bits per heavy atom. The van der Waals surface area contributed by atoms with Crippen LogP contribution in [0.5, 0.6) is 0 Å². The number of benzene rings is 1. The van der Waals surface area contributed by atoms with Crippen LogP contribution in [0.4, 0.5) is 0 Å². The van der Waals surface area contributed by atoms with Crippen LogP contribution in [0.1, 0.15) is 42.9 Å². The predicted molar refractivity (Wildman–Crippen MR) is 116 cm³/mol. The second kappa shape index (κ2) is 9.24. The summed E-state index contributed by atoms with van der Waals surface area (Å²) in [5, 5.41) is 11.4. The number of hydrogen-bond donors (Lipinski definition) is 2. The molecule has 1 unspecified atom stereocenters. The van der Waals surface area contributed by atoms with Crippen LogP contribution in [0.15, 0.2) is 47.7 Å². The van der Waals surface area contributed by atoms with Gasteiger partial charge in [0.25, 0.3) is 0 Å². The van der Waals surface area contributed by atoms with Gasteiger partial charge in [0, 0.05) is 44.4 Å². The minimum atomic E-state index is 0.211. The molecule has 1 aromatic heterocycles. The topological polar surface area (TPSA) is 57.5 Å². The van der Waals surface area contributed by atoms with E-state index in [0.29, 0.717) is 0 Å².